The summed E-state index contributed by atoms with van der Waals surface area (Å²) in [7, 11) is 0. The molecular formula is C17H18ClNO. The molecule has 2 nitrogen and oxygen atoms in total. The van der Waals surface area contributed by atoms with Crippen LogP contribution >= 0.6 is 11.6 Å². The van der Waals surface area contributed by atoms with Crippen LogP contribution in [0.3, 0.4) is 0 Å². The van der Waals surface area contributed by atoms with E-state index in [9.17, 15) is 0 Å². The van der Waals surface area contributed by atoms with Crippen LogP contribution in [0.1, 0.15) is 32.1 Å². The second kappa shape index (κ2) is 4.63. The molecule has 0 bridgehead atoms. The molecule has 1 aromatic carbocycles. The minimum atomic E-state index is 0.229. The molecule has 104 valence electrons. The number of ether oxygens (including phenoxy) is 1. The van der Waals surface area contributed by atoms with Crippen molar-refractivity contribution in [1.82, 2.24) is 4.98 Å². The Hall–Kier alpha value is -1.28. The third kappa shape index (κ3) is 1.81. The lowest BCUT2D eigenvalue weighted by molar-refractivity contribution is -0.0356. The number of pyridine rings is 1. The fourth-order valence-electron chi connectivity index (χ4n) is 3.81. The van der Waals surface area contributed by atoms with E-state index in [4.69, 9.17) is 16.3 Å². The maximum Gasteiger partial charge on any atom is 0.138 e. The Bertz CT molecular complexity index is 636. The van der Waals surface area contributed by atoms with E-state index in [-0.39, 0.29) is 11.5 Å². The SMILES string of the molecule is ClC1CC(Oc2cnc3ccccc3c2)C12CCCC2. The number of hydrogen-bond acceptors (Lipinski definition) is 2. The van der Waals surface area contributed by atoms with Gasteiger partial charge >= 0.3 is 0 Å². The van der Waals surface area contributed by atoms with E-state index in [2.05, 4.69) is 17.1 Å². The normalized spacial score (nSPS) is 27.6. The second-order valence-electron chi connectivity index (χ2n) is 6.11. The Morgan fingerprint density at radius 3 is 2.80 bits per heavy atom. The lowest BCUT2D eigenvalue weighted by atomic mass is 9.64. The number of fused-ring (bicyclic) bond motifs is 1. The molecule has 0 saturated heterocycles. The molecule has 2 aromatic rings. The van der Waals surface area contributed by atoms with Crippen LogP contribution in [0.4, 0.5) is 0 Å². The summed E-state index contributed by atoms with van der Waals surface area (Å²) in [6, 6.07) is 10.2. The highest BCUT2D eigenvalue weighted by atomic mass is 35.5. The van der Waals surface area contributed by atoms with Crippen LogP contribution in [0.2, 0.25) is 0 Å². The lowest BCUT2D eigenvalue weighted by Crippen LogP contribution is -2.55. The number of benzene rings is 1. The molecule has 1 spiro atoms. The van der Waals surface area contributed by atoms with Crippen LogP contribution in [0.5, 0.6) is 5.75 Å². The van der Waals surface area contributed by atoms with Crippen molar-refractivity contribution >= 4 is 22.5 Å². The molecule has 2 saturated carbocycles. The van der Waals surface area contributed by atoms with Crippen LogP contribution in [-0.4, -0.2) is 16.5 Å². The molecular weight excluding hydrogens is 270 g/mol. The number of nitrogens with zero attached hydrogens (tertiary/aromatic N) is 1. The summed E-state index contributed by atoms with van der Waals surface area (Å²) in [5.74, 6) is 0.878. The lowest BCUT2D eigenvalue weighted by Gasteiger charge is -2.50. The van der Waals surface area contributed by atoms with E-state index in [1.807, 2.05) is 24.4 Å². The fraction of sp³-hybridized carbons (Fsp3) is 0.471. The van der Waals surface area contributed by atoms with Gasteiger partial charge in [0, 0.05) is 22.6 Å². The van der Waals surface area contributed by atoms with E-state index < -0.39 is 0 Å². The van der Waals surface area contributed by atoms with Gasteiger partial charge in [0.1, 0.15) is 11.9 Å². The Morgan fingerprint density at radius 1 is 1.20 bits per heavy atom. The smallest absolute Gasteiger partial charge is 0.138 e. The molecule has 1 aromatic heterocycles. The predicted octanol–water partition coefficient (Wildman–Crippen LogP) is 4.55. The molecule has 0 radical (unpaired) electrons. The summed E-state index contributed by atoms with van der Waals surface area (Å²) in [5.41, 5.74) is 1.24. The zero-order chi connectivity index (χ0) is 13.6. The molecule has 2 aliphatic rings. The Balaban J connectivity index is 1.58. The summed E-state index contributed by atoms with van der Waals surface area (Å²) >= 11 is 6.47. The average molecular weight is 288 g/mol. The average Bonchev–Trinajstić information content (AvgIpc) is 2.99. The van der Waals surface area contributed by atoms with E-state index in [1.54, 1.807) is 0 Å². The Morgan fingerprint density at radius 2 is 2.00 bits per heavy atom. The minimum absolute atomic E-state index is 0.229. The van der Waals surface area contributed by atoms with Gasteiger partial charge in [-0.25, -0.2) is 0 Å². The maximum absolute atomic E-state index is 6.47. The van der Waals surface area contributed by atoms with Gasteiger partial charge in [-0.2, -0.15) is 0 Å². The van der Waals surface area contributed by atoms with Crippen LogP contribution in [0, 0.1) is 5.41 Å². The van der Waals surface area contributed by atoms with Crippen LogP contribution < -0.4 is 4.74 Å². The minimum Gasteiger partial charge on any atom is -0.488 e. The van der Waals surface area contributed by atoms with Gasteiger partial charge < -0.3 is 4.74 Å². The molecule has 2 aliphatic carbocycles. The third-order valence-electron chi connectivity index (χ3n) is 5.06. The summed E-state index contributed by atoms with van der Waals surface area (Å²) in [4.78, 5) is 4.47. The van der Waals surface area contributed by atoms with Crippen LogP contribution in [-0.2, 0) is 0 Å². The van der Waals surface area contributed by atoms with Gasteiger partial charge in [-0.15, -0.1) is 11.6 Å². The van der Waals surface area contributed by atoms with Gasteiger partial charge in [0.2, 0.25) is 0 Å². The number of halogens is 1. The van der Waals surface area contributed by atoms with Crippen molar-refractivity contribution in [3.05, 3.63) is 36.5 Å². The standard InChI is InChI=1S/C17H18ClNO/c18-15-10-16(17(15)7-3-4-8-17)20-13-9-12-5-1-2-6-14(12)19-11-13/h1-2,5-6,9,11,15-16H,3-4,7-8,10H2. The number of hydrogen-bond donors (Lipinski definition) is 0. The van der Waals surface area contributed by atoms with Crippen molar-refractivity contribution in [3.63, 3.8) is 0 Å². The fourth-order valence-corrected chi connectivity index (χ4v) is 4.33. The topological polar surface area (TPSA) is 22.1 Å². The molecule has 20 heavy (non-hydrogen) atoms. The van der Waals surface area contributed by atoms with Gasteiger partial charge in [0.05, 0.1) is 11.7 Å². The zero-order valence-electron chi connectivity index (χ0n) is 11.4. The van der Waals surface area contributed by atoms with Crippen molar-refractivity contribution in [2.24, 2.45) is 5.41 Å². The predicted molar refractivity (Wildman–Crippen MR) is 81.3 cm³/mol. The first-order chi connectivity index (χ1) is 9.78. The molecule has 3 heteroatoms. The van der Waals surface area contributed by atoms with Crippen molar-refractivity contribution in [1.29, 1.82) is 0 Å². The first-order valence-electron chi connectivity index (χ1n) is 7.43. The number of rotatable bonds is 2. The molecule has 0 aliphatic heterocycles. The highest BCUT2D eigenvalue weighted by Gasteiger charge is 2.56. The van der Waals surface area contributed by atoms with Crippen LogP contribution in [0.25, 0.3) is 10.9 Å². The zero-order valence-corrected chi connectivity index (χ0v) is 12.1. The van der Waals surface area contributed by atoms with Gasteiger partial charge in [-0.05, 0) is 25.0 Å². The highest BCUT2D eigenvalue weighted by molar-refractivity contribution is 6.21. The Kier molecular flexibility index (Phi) is 2.88. The van der Waals surface area contributed by atoms with Crippen molar-refractivity contribution in [2.75, 3.05) is 0 Å². The molecule has 2 fully saturated rings. The van der Waals surface area contributed by atoms with Gasteiger partial charge in [0.25, 0.3) is 0 Å². The number of para-hydroxylation sites is 1. The maximum atomic E-state index is 6.47. The molecule has 2 unspecified atom stereocenters. The van der Waals surface area contributed by atoms with Gasteiger partial charge in [-0.3, -0.25) is 4.98 Å². The monoisotopic (exact) mass is 287 g/mol. The molecule has 0 amide bonds. The van der Waals surface area contributed by atoms with Crippen molar-refractivity contribution in [2.45, 2.75) is 43.6 Å². The van der Waals surface area contributed by atoms with E-state index in [0.29, 0.717) is 5.38 Å². The van der Waals surface area contributed by atoms with E-state index in [1.165, 1.54) is 25.7 Å². The van der Waals surface area contributed by atoms with Gasteiger partial charge in [0.15, 0.2) is 0 Å². The van der Waals surface area contributed by atoms with Crippen LogP contribution in [0.15, 0.2) is 36.5 Å². The second-order valence-corrected chi connectivity index (χ2v) is 6.64. The first kappa shape index (κ1) is 12.5. The van der Waals surface area contributed by atoms with Crippen molar-refractivity contribution < 1.29 is 4.74 Å². The summed E-state index contributed by atoms with van der Waals surface area (Å²) in [6.07, 6.45) is 8.09. The van der Waals surface area contributed by atoms with E-state index >= 15 is 0 Å². The quantitative estimate of drug-likeness (QED) is 0.756. The number of alkyl halides is 1. The molecule has 1 heterocycles. The highest BCUT2D eigenvalue weighted by Crippen LogP contribution is 2.57. The van der Waals surface area contributed by atoms with Gasteiger partial charge in [-0.1, -0.05) is 31.0 Å². The largest absolute Gasteiger partial charge is 0.488 e. The summed E-state index contributed by atoms with van der Waals surface area (Å²) in [5, 5.41) is 1.43. The summed E-state index contributed by atoms with van der Waals surface area (Å²) < 4.78 is 6.22. The number of aromatic nitrogens is 1. The summed E-state index contributed by atoms with van der Waals surface area (Å²) in [6.45, 7) is 0. The molecule has 4 rings (SSSR count). The Labute approximate surface area is 124 Å². The third-order valence-corrected chi connectivity index (χ3v) is 5.68. The molecule has 0 N–H and O–H groups in total. The van der Waals surface area contributed by atoms with Crippen molar-refractivity contribution in [3.8, 4) is 5.75 Å². The van der Waals surface area contributed by atoms with E-state index in [0.717, 1.165) is 23.1 Å². The first-order valence-corrected chi connectivity index (χ1v) is 7.87. The molecule has 2 atom stereocenters.